The number of aryl methyl sites for hydroxylation is 1. The summed E-state index contributed by atoms with van der Waals surface area (Å²) in [4.78, 5) is 12.3. The highest BCUT2D eigenvalue weighted by atomic mass is 127. The number of carbonyl (C=O) groups is 1. The van der Waals surface area contributed by atoms with Crippen LogP contribution in [0.3, 0.4) is 0 Å². The molecule has 3 aromatic rings. The summed E-state index contributed by atoms with van der Waals surface area (Å²) in [7, 11) is 0. The van der Waals surface area contributed by atoms with Gasteiger partial charge in [-0.25, -0.2) is 8.78 Å². The smallest absolute Gasteiger partial charge is 0.256 e. The van der Waals surface area contributed by atoms with Gasteiger partial charge in [-0.3, -0.25) is 4.79 Å². The van der Waals surface area contributed by atoms with E-state index in [2.05, 4.69) is 20.8 Å². The van der Waals surface area contributed by atoms with Gasteiger partial charge in [-0.2, -0.15) is 4.68 Å². The Hall–Kier alpha value is -2.43. The van der Waals surface area contributed by atoms with Crippen molar-refractivity contribution in [2.24, 2.45) is 0 Å². The van der Waals surface area contributed by atoms with E-state index < -0.39 is 17.5 Å². The molecule has 0 fully saturated rings. The van der Waals surface area contributed by atoms with E-state index in [-0.39, 0.29) is 11.3 Å². The number of nitrogens with one attached hydrogen (secondary N) is 1. The van der Waals surface area contributed by atoms with Crippen molar-refractivity contribution < 1.29 is 13.6 Å². The van der Waals surface area contributed by atoms with E-state index in [0.717, 1.165) is 0 Å². The Balaban J connectivity index is 1.92. The predicted molar refractivity (Wildman–Crippen MR) is 90.9 cm³/mol. The van der Waals surface area contributed by atoms with Crippen molar-refractivity contribution in [1.29, 1.82) is 0 Å². The molecule has 6 nitrogen and oxygen atoms in total. The molecule has 0 saturated carbocycles. The van der Waals surface area contributed by atoms with Crippen LogP contribution in [0.15, 0.2) is 36.4 Å². The minimum absolute atomic E-state index is 0.0208. The fourth-order valence-corrected chi connectivity index (χ4v) is 2.80. The van der Waals surface area contributed by atoms with Gasteiger partial charge in [-0.05, 0) is 76.3 Å². The van der Waals surface area contributed by atoms with E-state index in [4.69, 9.17) is 0 Å². The fraction of sp³-hybridized carbons (Fsp3) is 0.0667. The maximum atomic E-state index is 14.0. The summed E-state index contributed by atoms with van der Waals surface area (Å²) in [6.07, 6.45) is 0. The highest BCUT2D eigenvalue weighted by molar-refractivity contribution is 14.1. The molecule has 3 rings (SSSR count). The van der Waals surface area contributed by atoms with Crippen molar-refractivity contribution in [2.75, 3.05) is 5.32 Å². The first kappa shape index (κ1) is 16.4. The highest BCUT2D eigenvalue weighted by Crippen LogP contribution is 2.21. The Morgan fingerprint density at radius 3 is 2.67 bits per heavy atom. The third-order valence-electron chi connectivity index (χ3n) is 3.24. The van der Waals surface area contributed by atoms with Gasteiger partial charge in [-0.15, -0.1) is 5.10 Å². The van der Waals surface area contributed by atoms with Crippen LogP contribution < -0.4 is 5.32 Å². The lowest BCUT2D eigenvalue weighted by Crippen LogP contribution is -2.15. The van der Waals surface area contributed by atoms with Crippen LogP contribution in [0, 0.1) is 22.1 Å². The van der Waals surface area contributed by atoms with E-state index in [1.807, 2.05) is 22.6 Å². The van der Waals surface area contributed by atoms with E-state index in [1.54, 1.807) is 6.92 Å². The first-order chi connectivity index (χ1) is 11.5. The van der Waals surface area contributed by atoms with Gasteiger partial charge in [0.1, 0.15) is 11.6 Å². The predicted octanol–water partition coefficient (Wildman–Crippen LogP) is 3.11. The lowest BCUT2D eigenvalue weighted by molar-refractivity contribution is 0.102. The molecule has 122 valence electrons. The average Bonchev–Trinajstić information content (AvgIpc) is 2.95. The van der Waals surface area contributed by atoms with Gasteiger partial charge in [0.05, 0.1) is 16.9 Å². The van der Waals surface area contributed by atoms with E-state index in [1.165, 1.54) is 41.1 Å². The number of aromatic nitrogens is 4. The van der Waals surface area contributed by atoms with Crippen LogP contribution in [0.4, 0.5) is 14.5 Å². The van der Waals surface area contributed by atoms with Crippen molar-refractivity contribution in [1.82, 2.24) is 20.2 Å². The van der Waals surface area contributed by atoms with Gasteiger partial charge in [0.2, 0.25) is 0 Å². The number of amides is 1. The molecule has 0 aliphatic heterocycles. The molecular weight excluding hydrogens is 431 g/mol. The first-order valence-electron chi connectivity index (χ1n) is 6.77. The number of rotatable bonds is 3. The molecule has 1 amide bonds. The largest absolute Gasteiger partial charge is 0.319 e. The molecule has 0 saturated heterocycles. The zero-order valence-electron chi connectivity index (χ0n) is 12.3. The molecule has 0 aliphatic carbocycles. The molecule has 1 aromatic heterocycles. The summed E-state index contributed by atoms with van der Waals surface area (Å²) in [5.74, 6) is -1.07. The lowest BCUT2D eigenvalue weighted by atomic mass is 10.2. The number of benzene rings is 2. The van der Waals surface area contributed by atoms with Crippen molar-refractivity contribution in [3.63, 3.8) is 0 Å². The lowest BCUT2D eigenvalue weighted by Gasteiger charge is -2.10. The Morgan fingerprint density at radius 1 is 1.21 bits per heavy atom. The Labute approximate surface area is 149 Å². The summed E-state index contributed by atoms with van der Waals surface area (Å²) < 4.78 is 29.0. The van der Waals surface area contributed by atoms with Crippen LogP contribution in [0.5, 0.6) is 0 Å². The Morgan fingerprint density at radius 2 is 2.00 bits per heavy atom. The first-order valence-corrected chi connectivity index (χ1v) is 7.85. The van der Waals surface area contributed by atoms with Crippen molar-refractivity contribution in [3.05, 3.63) is 63.0 Å². The van der Waals surface area contributed by atoms with Gasteiger partial charge >= 0.3 is 0 Å². The number of tetrazole rings is 1. The number of nitrogens with zero attached hydrogens (tertiary/aromatic N) is 4. The molecule has 1 N–H and O–H groups in total. The molecule has 9 heteroatoms. The van der Waals surface area contributed by atoms with Gasteiger partial charge in [0, 0.05) is 3.57 Å². The summed E-state index contributed by atoms with van der Waals surface area (Å²) in [6, 6.07) is 7.88. The zero-order valence-corrected chi connectivity index (χ0v) is 14.5. The quantitative estimate of drug-likeness (QED) is 0.635. The SMILES string of the molecule is Cc1nnnn1-c1ccc(F)c(NC(=O)c2ccc(F)cc2I)c1. The third-order valence-corrected chi connectivity index (χ3v) is 4.14. The summed E-state index contributed by atoms with van der Waals surface area (Å²) in [5.41, 5.74) is 0.732. The number of hydrogen-bond acceptors (Lipinski definition) is 4. The molecule has 0 unspecified atom stereocenters. The van der Waals surface area contributed by atoms with Crippen LogP contribution in [0.25, 0.3) is 5.69 Å². The van der Waals surface area contributed by atoms with Gasteiger partial charge in [-0.1, -0.05) is 0 Å². The second kappa shape index (κ2) is 6.59. The maximum absolute atomic E-state index is 14.0. The molecule has 0 bridgehead atoms. The van der Waals surface area contributed by atoms with E-state index in [9.17, 15) is 13.6 Å². The molecule has 0 spiro atoms. The Kier molecular flexibility index (Phi) is 4.51. The molecule has 0 aliphatic rings. The topological polar surface area (TPSA) is 72.7 Å². The minimum Gasteiger partial charge on any atom is -0.319 e. The van der Waals surface area contributed by atoms with Gasteiger partial charge in [0.25, 0.3) is 5.91 Å². The monoisotopic (exact) mass is 441 g/mol. The standard InChI is InChI=1S/C15H10F2IN5O/c1-8-20-21-22-23(8)10-3-5-12(17)14(7-10)19-15(24)11-4-2-9(16)6-13(11)18/h2-7H,1H3,(H,19,24). The van der Waals surface area contributed by atoms with Gasteiger partial charge in [0.15, 0.2) is 5.82 Å². The fourth-order valence-electron chi connectivity index (χ4n) is 2.07. The third kappa shape index (κ3) is 3.25. The maximum Gasteiger partial charge on any atom is 0.256 e. The van der Waals surface area contributed by atoms with Crippen LogP contribution in [0.2, 0.25) is 0 Å². The zero-order chi connectivity index (χ0) is 17.3. The normalized spacial score (nSPS) is 10.7. The summed E-state index contributed by atoms with van der Waals surface area (Å²) >= 11 is 1.85. The minimum atomic E-state index is -0.602. The van der Waals surface area contributed by atoms with E-state index >= 15 is 0 Å². The van der Waals surface area contributed by atoms with Crippen LogP contribution in [-0.4, -0.2) is 26.1 Å². The van der Waals surface area contributed by atoms with Crippen LogP contribution in [0.1, 0.15) is 16.2 Å². The summed E-state index contributed by atoms with van der Waals surface area (Å²) in [6.45, 7) is 1.70. The molecular formula is C15H10F2IN5O. The second-order valence-corrected chi connectivity index (χ2v) is 6.04. The number of halogens is 3. The second-order valence-electron chi connectivity index (χ2n) is 4.88. The number of hydrogen-bond donors (Lipinski definition) is 1. The van der Waals surface area contributed by atoms with Crippen LogP contribution >= 0.6 is 22.6 Å². The average molecular weight is 441 g/mol. The van der Waals surface area contributed by atoms with Crippen molar-refractivity contribution in [2.45, 2.75) is 6.92 Å². The van der Waals surface area contributed by atoms with Crippen molar-refractivity contribution >= 4 is 34.2 Å². The van der Waals surface area contributed by atoms with Crippen LogP contribution in [-0.2, 0) is 0 Å². The highest BCUT2D eigenvalue weighted by Gasteiger charge is 2.14. The molecule has 24 heavy (non-hydrogen) atoms. The molecule has 2 aromatic carbocycles. The number of anilines is 1. The number of carbonyl (C=O) groups excluding carboxylic acids is 1. The molecule has 0 atom stereocenters. The molecule has 1 heterocycles. The van der Waals surface area contributed by atoms with E-state index in [0.29, 0.717) is 15.1 Å². The molecule has 0 radical (unpaired) electrons. The summed E-state index contributed by atoms with van der Waals surface area (Å²) in [5, 5.41) is 13.6. The van der Waals surface area contributed by atoms with Gasteiger partial charge < -0.3 is 5.32 Å². The Bertz CT molecular complexity index is 928. The van der Waals surface area contributed by atoms with Crippen molar-refractivity contribution in [3.8, 4) is 5.69 Å².